The number of sulfone groups is 1. The normalized spacial score (nSPS) is 21.6. The van der Waals surface area contributed by atoms with Crippen molar-refractivity contribution in [3.8, 4) is 0 Å². The highest BCUT2D eigenvalue weighted by Gasteiger charge is 2.30. The molecule has 0 aliphatic carbocycles. The van der Waals surface area contributed by atoms with E-state index in [0.717, 1.165) is 19.3 Å². The highest BCUT2D eigenvalue weighted by atomic mass is 32.2. The van der Waals surface area contributed by atoms with Crippen LogP contribution in [0.2, 0.25) is 0 Å². The molecule has 2 N–H and O–H groups in total. The summed E-state index contributed by atoms with van der Waals surface area (Å²) in [6, 6.07) is 3.99. The zero-order valence-electron chi connectivity index (χ0n) is 10.5. The van der Waals surface area contributed by atoms with Crippen molar-refractivity contribution >= 4 is 9.84 Å². The molecule has 1 aromatic heterocycles. The minimum absolute atomic E-state index is 0.318. The van der Waals surface area contributed by atoms with Crippen molar-refractivity contribution in [3.05, 3.63) is 30.1 Å². The van der Waals surface area contributed by atoms with Gasteiger partial charge in [0.05, 0.1) is 11.5 Å². The highest BCUT2D eigenvalue weighted by Crippen LogP contribution is 2.35. The molecule has 1 unspecified atom stereocenters. The molecule has 1 atom stereocenters. The van der Waals surface area contributed by atoms with Gasteiger partial charge in [-0.05, 0) is 49.3 Å². The third-order valence-electron chi connectivity index (χ3n) is 3.76. The Hall–Kier alpha value is -0.940. The third kappa shape index (κ3) is 3.29. The third-order valence-corrected chi connectivity index (χ3v) is 5.47. The number of nitrogens with two attached hydrogens (primary N) is 1. The molecule has 1 saturated heterocycles. The van der Waals surface area contributed by atoms with E-state index in [-0.39, 0.29) is 0 Å². The smallest absolute Gasteiger partial charge is 0.150 e. The number of pyridine rings is 1. The quantitative estimate of drug-likeness (QED) is 0.894. The fraction of sp³-hybridized carbons (Fsp3) is 0.615. The van der Waals surface area contributed by atoms with Crippen LogP contribution in [0.15, 0.2) is 24.5 Å². The van der Waals surface area contributed by atoms with E-state index in [1.165, 1.54) is 5.56 Å². The first-order chi connectivity index (χ1) is 8.62. The molecule has 0 saturated carbocycles. The van der Waals surface area contributed by atoms with Gasteiger partial charge in [0.15, 0.2) is 0 Å². The molecule has 2 rings (SSSR count). The van der Waals surface area contributed by atoms with E-state index < -0.39 is 9.84 Å². The van der Waals surface area contributed by atoms with Gasteiger partial charge in [-0.15, -0.1) is 0 Å². The first-order valence-electron chi connectivity index (χ1n) is 6.43. The molecule has 5 heteroatoms. The predicted octanol–water partition coefficient (Wildman–Crippen LogP) is 1.34. The fourth-order valence-corrected chi connectivity index (χ4v) is 4.29. The van der Waals surface area contributed by atoms with Gasteiger partial charge >= 0.3 is 0 Å². The van der Waals surface area contributed by atoms with Gasteiger partial charge in [-0.2, -0.15) is 0 Å². The van der Waals surface area contributed by atoms with E-state index in [1.54, 1.807) is 6.20 Å². The van der Waals surface area contributed by atoms with Crippen molar-refractivity contribution in [1.82, 2.24) is 4.98 Å². The second-order valence-corrected chi connectivity index (χ2v) is 7.26. The molecule has 1 fully saturated rings. The first kappa shape index (κ1) is 13.5. The molecule has 0 radical (unpaired) electrons. The lowest BCUT2D eigenvalue weighted by atomic mass is 9.81. The van der Waals surface area contributed by atoms with Crippen LogP contribution in [0.5, 0.6) is 0 Å². The average Bonchev–Trinajstić information content (AvgIpc) is 2.38. The lowest BCUT2D eigenvalue weighted by molar-refractivity contribution is 0.370. The Morgan fingerprint density at radius 1 is 1.39 bits per heavy atom. The van der Waals surface area contributed by atoms with Gasteiger partial charge in [0.2, 0.25) is 0 Å². The van der Waals surface area contributed by atoms with Crippen molar-refractivity contribution in [2.75, 3.05) is 18.1 Å². The SMILES string of the molecule is NCCC(c1cccnc1)C1CCS(=O)(=O)CC1. The maximum Gasteiger partial charge on any atom is 0.150 e. The van der Waals surface area contributed by atoms with Crippen molar-refractivity contribution in [2.24, 2.45) is 11.7 Å². The summed E-state index contributed by atoms with van der Waals surface area (Å²) in [5, 5.41) is 0. The molecule has 1 aliphatic heterocycles. The van der Waals surface area contributed by atoms with Gasteiger partial charge in [-0.3, -0.25) is 4.98 Å². The van der Waals surface area contributed by atoms with Gasteiger partial charge in [0.25, 0.3) is 0 Å². The van der Waals surface area contributed by atoms with Crippen molar-refractivity contribution in [1.29, 1.82) is 0 Å². The Balaban J connectivity index is 2.12. The van der Waals surface area contributed by atoms with E-state index in [9.17, 15) is 8.42 Å². The van der Waals surface area contributed by atoms with Crippen LogP contribution in [-0.4, -0.2) is 31.5 Å². The molecule has 0 aromatic carbocycles. The zero-order chi connectivity index (χ0) is 13.0. The first-order valence-corrected chi connectivity index (χ1v) is 8.25. The number of nitrogens with zero attached hydrogens (tertiary/aromatic N) is 1. The van der Waals surface area contributed by atoms with E-state index in [4.69, 9.17) is 5.73 Å². The summed E-state index contributed by atoms with van der Waals surface area (Å²) in [4.78, 5) is 4.15. The Bertz CT molecular complexity index is 459. The summed E-state index contributed by atoms with van der Waals surface area (Å²) in [7, 11) is -2.79. The van der Waals surface area contributed by atoms with Crippen molar-refractivity contribution in [3.63, 3.8) is 0 Å². The van der Waals surface area contributed by atoms with E-state index in [0.29, 0.717) is 29.9 Å². The Morgan fingerprint density at radius 2 is 2.11 bits per heavy atom. The molecule has 1 aliphatic rings. The molecule has 0 amide bonds. The molecule has 0 bridgehead atoms. The summed E-state index contributed by atoms with van der Waals surface area (Å²) in [5.74, 6) is 1.40. The number of rotatable bonds is 4. The predicted molar refractivity (Wildman–Crippen MR) is 72.0 cm³/mol. The highest BCUT2D eigenvalue weighted by molar-refractivity contribution is 7.91. The topological polar surface area (TPSA) is 73.0 Å². The minimum atomic E-state index is -2.79. The maximum absolute atomic E-state index is 11.5. The van der Waals surface area contributed by atoms with Crippen molar-refractivity contribution in [2.45, 2.75) is 25.2 Å². The van der Waals surface area contributed by atoms with Crippen LogP contribution in [0.3, 0.4) is 0 Å². The molecule has 100 valence electrons. The molecular weight excluding hydrogens is 248 g/mol. The van der Waals surface area contributed by atoms with Crippen LogP contribution >= 0.6 is 0 Å². The summed E-state index contributed by atoms with van der Waals surface area (Å²) in [6.07, 6.45) is 6.04. The monoisotopic (exact) mass is 268 g/mol. The van der Waals surface area contributed by atoms with Crippen LogP contribution < -0.4 is 5.73 Å². The molecule has 18 heavy (non-hydrogen) atoms. The van der Waals surface area contributed by atoms with Gasteiger partial charge in [0.1, 0.15) is 9.84 Å². The van der Waals surface area contributed by atoms with E-state index >= 15 is 0 Å². The average molecular weight is 268 g/mol. The Kier molecular flexibility index (Phi) is 4.35. The minimum Gasteiger partial charge on any atom is -0.330 e. The van der Waals surface area contributed by atoms with Gasteiger partial charge in [0, 0.05) is 12.4 Å². The number of aromatic nitrogens is 1. The summed E-state index contributed by atoms with van der Waals surface area (Å²) < 4.78 is 23.0. The Labute approximate surface area is 109 Å². The van der Waals surface area contributed by atoms with E-state index in [1.807, 2.05) is 12.3 Å². The molecule has 0 spiro atoms. The lowest BCUT2D eigenvalue weighted by Crippen LogP contribution is -2.28. The fourth-order valence-electron chi connectivity index (χ4n) is 2.76. The van der Waals surface area contributed by atoms with Crippen LogP contribution in [0.4, 0.5) is 0 Å². The van der Waals surface area contributed by atoms with Crippen molar-refractivity contribution < 1.29 is 8.42 Å². The number of hydrogen-bond donors (Lipinski definition) is 1. The second kappa shape index (κ2) is 5.80. The van der Waals surface area contributed by atoms with Crippen LogP contribution in [0.25, 0.3) is 0 Å². The van der Waals surface area contributed by atoms with Crippen LogP contribution in [0, 0.1) is 5.92 Å². The van der Waals surface area contributed by atoms with E-state index in [2.05, 4.69) is 11.1 Å². The molecule has 1 aromatic rings. The zero-order valence-corrected chi connectivity index (χ0v) is 11.3. The molecule has 2 heterocycles. The van der Waals surface area contributed by atoms with Crippen LogP contribution in [-0.2, 0) is 9.84 Å². The molecular formula is C13H20N2O2S. The summed E-state index contributed by atoms with van der Waals surface area (Å²) in [5.41, 5.74) is 6.88. The maximum atomic E-state index is 11.5. The second-order valence-electron chi connectivity index (χ2n) is 4.96. The number of hydrogen-bond acceptors (Lipinski definition) is 4. The van der Waals surface area contributed by atoms with Gasteiger partial charge < -0.3 is 5.73 Å². The summed E-state index contributed by atoms with van der Waals surface area (Å²) in [6.45, 7) is 0.628. The standard InChI is InChI=1S/C13H20N2O2S/c14-6-3-13(12-2-1-7-15-10-12)11-4-8-18(16,17)9-5-11/h1-2,7,10-11,13H,3-6,8-9,14H2. The molecule has 4 nitrogen and oxygen atoms in total. The Morgan fingerprint density at radius 3 is 2.67 bits per heavy atom. The van der Waals surface area contributed by atoms with Crippen LogP contribution in [0.1, 0.15) is 30.7 Å². The lowest BCUT2D eigenvalue weighted by Gasteiger charge is -2.30. The van der Waals surface area contributed by atoms with Gasteiger partial charge in [-0.1, -0.05) is 6.07 Å². The largest absolute Gasteiger partial charge is 0.330 e. The van der Waals surface area contributed by atoms with Gasteiger partial charge in [-0.25, -0.2) is 8.42 Å². The summed E-state index contributed by atoms with van der Waals surface area (Å²) >= 11 is 0.